The summed E-state index contributed by atoms with van der Waals surface area (Å²) < 4.78 is 5.04. The lowest BCUT2D eigenvalue weighted by Gasteiger charge is -2.03. The van der Waals surface area contributed by atoms with E-state index in [-0.39, 0.29) is 5.69 Å². The number of hydrogen-bond donors (Lipinski definition) is 0. The van der Waals surface area contributed by atoms with Gasteiger partial charge in [0.05, 0.1) is 6.61 Å². The molecule has 1 aromatic heterocycles. The fourth-order valence-corrected chi connectivity index (χ4v) is 1.37. The van der Waals surface area contributed by atoms with Gasteiger partial charge in [0.15, 0.2) is 0 Å². The molecule has 17 heavy (non-hydrogen) atoms. The SMILES string of the molecule is CCCCCCOC(=O)c1cc([C]=O)ccn1. The zero-order valence-electron chi connectivity index (χ0n) is 9.94. The van der Waals surface area contributed by atoms with E-state index < -0.39 is 5.97 Å². The molecule has 0 aliphatic heterocycles. The number of hydrogen-bond acceptors (Lipinski definition) is 4. The average molecular weight is 234 g/mol. The lowest BCUT2D eigenvalue weighted by molar-refractivity contribution is 0.0491. The highest BCUT2D eigenvalue weighted by Crippen LogP contribution is 2.03. The molecule has 0 saturated carbocycles. The molecule has 0 spiro atoms. The minimum Gasteiger partial charge on any atom is -0.461 e. The average Bonchev–Trinajstić information content (AvgIpc) is 2.38. The molecule has 0 bridgehead atoms. The first-order valence-electron chi connectivity index (χ1n) is 5.79. The van der Waals surface area contributed by atoms with Gasteiger partial charge < -0.3 is 4.74 Å². The van der Waals surface area contributed by atoms with Crippen LogP contribution in [-0.4, -0.2) is 23.8 Å². The quantitative estimate of drug-likeness (QED) is 0.536. The number of unbranched alkanes of at least 4 members (excludes halogenated alkanes) is 3. The summed E-state index contributed by atoms with van der Waals surface area (Å²) in [6, 6.07) is 2.87. The third kappa shape index (κ3) is 4.76. The Labute approximate surface area is 101 Å². The van der Waals surface area contributed by atoms with E-state index in [1.165, 1.54) is 18.3 Å². The van der Waals surface area contributed by atoms with E-state index in [1.54, 1.807) is 6.29 Å². The lowest BCUT2D eigenvalue weighted by Crippen LogP contribution is -2.08. The molecule has 0 atom stereocenters. The number of aromatic nitrogens is 1. The molecule has 0 unspecified atom stereocenters. The van der Waals surface area contributed by atoms with Gasteiger partial charge in [0.25, 0.3) is 0 Å². The van der Waals surface area contributed by atoms with Crippen molar-refractivity contribution in [3.63, 3.8) is 0 Å². The predicted molar refractivity (Wildman–Crippen MR) is 63.5 cm³/mol. The molecule has 0 N–H and O–H groups in total. The van der Waals surface area contributed by atoms with Gasteiger partial charge in [-0.05, 0) is 18.6 Å². The summed E-state index contributed by atoms with van der Waals surface area (Å²) in [5, 5.41) is 0. The minimum absolute atomic E-state index is 0.154. The fourth-order valence-electron chi connectivity index (χ4n) is 1.37. The molecule has 0 aromatic carbocycles. The summed E-state index contributed by atoms with van der Waals surface area (Å²) in [5.74, 6) is -0.487. The highest BCUT2D eigenvalue weighted by molar-refractivity contribution is 5.89. The van der Waals surface area contributed by atoms with Gasteiger partial charge in [-0.1, -0.05) is 26.2 Å². The normalized spacial score (nSPS) is 9.94. The zero-order valence-corrected chi connectivity index (χ0v) is 9.94. The molecule has 0 fully saturated rings. The fraction of sp³-hybridized carbons (Fsp3) is 0.462. The summed E-state index contributed by atoms with van der Waals surface area (Å²) in [7, 11) is 0. The molecule has 1 radical (unpaired) electrons. The van der Waals surface area contributed by atoms with Crippen LogP contribution in [0.3, 0.4) is 0 Å². The Balaban J connectivity index is 2.38. The second kappa shape index (κ2) is 7.54. The van der Waals surface area contributed by atoms with Gasteiger partial charge in [-0.3, -0.25) is 4.79 Å². The lowest BCUT2D eigenvalue weighted by atomic mass is 10.2. The number of nitrogens with zero attached hydrogens (tertiary/aromatic N) is 1. The Morgan fingerprint density at radius 1 is 1.41 bits per heavy atom. The van der Waals surface area contributed by atoms with E-state index in [1.807, 2.05) is 0 Å². The van der Waals surface area contributed by atoms with Crippen LogP contribution in [-0.2, 0) is 9.53 Å². The van der Waals surface area contributed by atoms with Crippen LogP contribution in [0.2, 0.25) is 0 Å². The molecule has 0 amide bonds. The van der Waals surface area contributed by atoms with Crippen LogP contribution in [0, 0.1) is 0 Å². The first-order valence-corrected chi connectivity index (χ1v) is 5.79. The molecule has 4 heteroatoms. The largest absolute Gasteiger partial charge is 0.461 e. The molecular weight excluding hydrogens is 218 g/mol. The molecule has 1 aromatic rings. The molecule has 1 rings (SSSR count). The van der Waals surface area contributed by atoms with Crippen molar-refractivity contribution in [3.8, 4) is 0 Å². The number of rotatable bonds is 7. The zero-order chi connectivity index (χ0) is 12.5. The third-order valence-electron chi connectivity index (χ3n) is 2.32. The Bertz CT molecular complexity index is 377. The molecule has 91 valence electrons. The van der Waals surface area contributed by atoms with Gasteiger partial charge in [-0.2, -0.15) is 0 Å². The van der Waals surface area contributed by atoms with Crippen molar-refractivity contribution >= 4 is 12.3 Å². The summed E-state index contributed by atoms with van der Waals surface area (Å²) in [4.78, 5) is 25.8. The molecule has 4 nitrogen and oxygen atoms in total. The maximum atomic E-state index is 11.5. The van der Waals surface area contributed by atoms with Crippen molar-refractivity contribution in [3.05, 3.63) is 29.6 Å². The third-order valence-corrected chi connectivity index (χ3v) is 2.32. The van der Waals surface area contributed by atoms with Crippen LogP contribution in [0.1, 0.15) is 48.7 Å². The topological polar surface area (TPSA) is 56.3 Å². The van der Waals surface area contributed by atoms with Crippen molar-refractivity contribution in [1.29, 1.82) is 0 Å². The van der Waals surface area contributed by atoms with Crippen molar-refractivity contribution in [2.45, 2.75) is 32.6 Å². The van der Waals surface area contributed by atoms with Crippen molar-refractivity contribution in [2.75, 3.05) is 6.61 Å². The highest BCUT2D eigenvalue weighted by Gasteiger charge is 2.09. The maximum Gasteiger partial charge on any atom is 0.356 e. The first kappa shape index (κ1) is 13.4. The summed E-state index contributed by atoms with van der Waals surface area (Å²) in [6.45, 7) is 2.52. The predicted octanol–water partition coefficient (Wildman–Crippen LogP) is 2.28. The van der Waals surface area contributed by atoms with Gasteiger partial charge in [0.2, 0.25) is 6.29 Å². The Kier molecular flexibility index (Phi) is 5.93. The van der Waals surface area contributed by atoms with Crippen molar-refractivity contribution < 1.29 is 14.3 Å². The summed E-state index contributed by atoms with van der Waals surface area (Å²) in [6.07, 6.45) is 7.31. The van der Waals surface area contributed by atoms with Gasteiger partial charge in [0.1, 0.15) is 5.69 Å². The van der Waals surface area contributed by atoms with E-state index in [0.717, 1.165) is 25.7 Å². The molecular formula is C13H16NO3. The smallest absolute Gasteiger partial charge is 0.356 e. The monoisotopic (exact) mass is 234 g/mol. The Hall–Kier alpha value is -1.71. The number of pyridine rings is 1. The second-order valence-electron chi connectivity index (χ2n) is 3.73. The van der Waals surface area contributed by atoms with Gasteiger partial charge in [-0.25, -0.2) is 9.78 Å². The number of carbonyl (C=O) groups is 1. The molecule has 0 saturated heterocycles. The van der Waals surface area contributed by atoms with Crippen molar-refractivity contribution in [1.82, 2.24) is 4.98 Å². The molecule has 0 aliphatic carbocycles. The standard InChI is InChI=1S/C13H16NO3/c1-2-3-4-5-8-17-13(16)12-9-11(10-15)6-7-14-12/h6-7,9H,2-5,8H2,1H3. The maximum absolute atomic E-state index is 11.5. The van der Waals surface area contributed by atoms with E-state index in [0.29, 0.717) is 12.2 Å². The van der Waals surface area contributed by atoms with Crippen molar-refractivity contribution in [2.24, 2.45) is 0 Å². The van der Waals surface area contributed by atoms with Crippen LogP contribution < -0.4 is 0 Å². The second-order valence-corrected chi connectivity index (χ2v) is 3.73. The summed E-state index contributed by atoms with van der Waals surface area (Å²) >= 11 is 0. The van der Waals surface area contributed by atoms with E-state index >= 15 is 0 Å². The van der Waals surface area contributed by atoms with Gasteiger partial charge in [-0.15, -0.1) is 0 Å². The Morgan fingerprint density at radius 2 is 2.24 bits per heavy atom. The van der Waals surface area contributed by atoms with E-state index in [9.17, 15) is 9.59 Å². The van der Waals surface area contributed by atoms with Gasteiger partial charge in [0, 0.05) is 11.8 Å². The van der Waals surface area contributed by atoms with Gasteiger partial charge >= 0.3 is 5.97 Å². The number of esters is 1. The molecule has 1 heterocycles. The summed E-state index contributed by atoms with van der Waals surface area (Å²) in [5.41, 5.74) is 0.458. The Morgan fingerprint density at radius 3 is 2.94 bits per heavy atom. The highest BCUT2D eigenvalue weighted by atomic mass is 16.5. The van der Waals surface area contributed by atoms with Crippen LogP contribution in [0.25, 0.3) is 0 Å². The van der Waals surface area contributed by atoms with Crippen LogP contribution in [0.5, 0.6) is 0 Å². The minimum atomic E-state index is -0.487. The van der Waals surface area contributed by atoms with Crippen LogP contribution in [0.15, 0.2) is 18.3 Å². The van der Waals surface area contributed by atoms with E-state index in [4.69, 9.17) is 4.74 Å². The molecule has 0 aliphatic rings. The number of ether oxygens (including phenoxy) is 1. The van der Waals surface area contributed by atoms with Crippen LogP contribution >= 0.6 is 0 Å². The van der Waals surface area contributed by atoms with Crippen LogP contribution in [0.4, 0.5) is 0 Å². The van der Waals surface area contributed by atoms with E-state index in [2.05, 4.69) is 11.9 Å². The first-order chi connectivity index (χ1) is 8.27. The number of carbonyl (C=O) groups excluding carboxylic acids is 2.